The molecule has 264 valence electrons. The average molecular weight is 711 g/mol. The molecule has 54 heavy (non-hydrogen) atoms. The van der Waals surface area contributed by atoms with Crippen molar-refractivity contribution in [1.82, 2.24) is 0 Å². The molecule has 0 radical (unpaired) electrons. The summed E-state index contributed by atoms with van der Waals surface area (Å²) < 4.78 is 12.7. The molecule has 8 bridgehead atoms. The molecule has 4 aromatic carbocycles. The zero-order chi connectivity index (χ0) is 38.8. The van der Waals surface area contributed by atoms with Gasteiger partial charge in [-0.1, -0.05) is 50.2 Å². The average Bonchev–Trinajstić information content (AvgIpc) is 3.18. The van der Waals surface area contributed by atoms with E-state index in [-0.39, 0.29) is 59.5 Å². The van der Waals surface area contributed by atoms with E-state index in [9.17, 15) is 41.8 Å². The number of aromatic hydroxyl groups is 2. The molecule has 1 aliphatic carbocycles. The van der Waals surface area contributed by atoms with Gasteiger partial charge in [-0.3, -0.25) is 0 Å². The molecule has 0 saturated heterocycles. The Morgan fingerprint density at radius 2 is 0.796 bits per heavy atom. The largest absolute Gasteiger partial charge is 0.507 e. The molecule has 0 unspecified atom stereocenters. The molecule has 0 saturated carbocycles. The van der Waals surface area contributed by atoms with E-state index in [0.29, 0.717) is 93.2 Å². The Bertz CT molecular complexity index is 2180. The van der Waals surface area contributed by atoms with Crippen molar-refractivity contribution >= 4 is 11.1 Å². The summed E-state index contributed by atoms with van der Waals surface area (Å²) in [6.45, 7) is 4.65. The summed E-state index contributed by atoms with van der Waals surface area (Å²) in [5.74, 6) is 0.986. The van der Waals surface area contributed by atoms with Crippen LogP contribution in [0.3, 0.4) is 0 Å². The van der Waals surface area contributed by atoms with Crippen molar-refractivity contribution in [2.45, 2.75) is 52.4 Å². The number of rotatable bonds is 8. The molecule has 1 aliphatic rings. The highest BCUT2D eigenvalue weighted by Gasteiger charge is 2.24. The summed E-state index contributed by atoms with van der Waals surface area (Å²) in [5.41, 5.74) is 4.16. The molecule has 0 aromatic heterocycles. The fraction of sp³-hybridized carbons (Fsp3) is 0.227. The molecule has 0 heterocycles. The van der Waals surface area contributed by atoms with Crippen LogP contribution in [0.1, 0.15) is 82.3 Å². The second-order valence-electron chi connectivity index (χ2n) is 12.7. The van der Waals surface area contributed by atoms with Gasteiger partial charge in [0.05, 0.1) is 24.4 Å². The van der Waals surface area contributed by atoms with E-state index in [1.54, 1.807) is 24.3 Å². The van der Waals surface area contributed by atoms with Crippen LogP contribution in [0.25, 0.3) is 11.1 Å². The van der Waals surface area contributed by atoms with Gasteiger partial charge < -0.3 is 19.7 Å². The van der Waals surface area contributed by atoms with Gasteiger partial charge in [0.1, 0.15) is 70.6 Å². The van der Waals surface area contributed by atoms with Gasteiger partial charge >= 0.3 is 0 Å². The van der Waals surface area contributed by atoms with Crippen LogP contribution in [-0.2, 0) is 25.7 Å². The van der Waals surface area contributed by atoms with Gasteiger partial charge in [0.15, 0.2) is 0 Å². The van der Waals surface area contributed by atoms with E-state index in [1.807, 2.05) is 86.7 Å². The normalized spacial score (nSPS) is 11.2. The number of hydrogen-bond donors (Lipinski definition) is 2. The standard InChI is InChI=1S/C44H34N6O4/c1-3-11-53-43-27-7-5-8-28(43)14-34-18-32(40(26-50)38(23-47)24-48)20-36(42(34)52)16-30-10-6-9-29(44(30)54-12-4-2)15-35-19-31(17-33(13-27)41(35)51)39(25-49)37(21-45)22-46/h5-10,17-20,51-52H,3-4,11-16H2,1-2H3. The number of hydrogen-bond acceptors (Lipinski definition) is 10. The monoisotopic (exact) mass is 710 g/mol. The number of phenolic OH excluding ortho intramolecular Hbond substituents is 2. The first-order valence-electron chi connectivity index (χ1n) is 17.3. The van der Waals surface area contributed by atoms with Crippen LogP contribution in [-0.4, -0.2) is 23.4 Å². The van der Waals surface area contributed by atoms with Gasteiger partial charge in [-0.15, -0.1) is 0 Å². The molecule has 4 aromatic rings. The highest BCUT2D eigenvalue weighted by Crippen LogP contribution is 2.40. The molecule has 0 amide bonds. The van der Waals surface area contributed by atoms with Crippen molar-refractivity contribution in [3.8, 4) is 59.4 Å². The lowest BCUT2D eigenvalue weighted by Crippen LogP contribution is -2.08. The van der Waals surface area contributed by atoms with Crippen LogP contribution in [0, 0.1) is 68.0 Å². The molecular formula is C44H34N6O4. The third kappa shape index (κ3) is 7.71. The maximum atomic E-state index is 11.9. The second kappa shape index (κ2) is 17.1. The predicted molar refractivity (Wildman–Crippen MR) is 199 cm³/mol. The lowest BCUT2D eigenvalue weighted by Gasteiger charge is -2.21. The van der Waals surface area contributed by atoms with Gasteiger partial charge in [-0.2, -0.15) is 31.6 Å². The molecule has 0 atom stereocenters. The van der Waals surface area contributed by atoms with Gasteiger partial charge in [-0.05, 0) is 92.7 Å². The molecule has 5 rings (SSSR count). The SMILES string of the molecule is CCCOc1c2cccc1Cc1cc(C(C#N)=C(C#N)C#N)cc(c1O)Cc1cccc(c1OCCC)Cc1cc(C(C#N)=C(C#N)C#N)cc(c1O)C2. The third-order valence-corrected chi connectivity index (χ3v) is 9.06. The minimum Gasteiger partial charge on any atom is -0.507 e. The zero-order valence-electron chi connectivity index (χ0n) is 29.8. The summed E-state index contributed by atoms with van der Waals surface area (Å²) in [5, 5.41) is 82.8. The van der Waals surface area contributed by atoms with Crippen LogP contribution in [0.15, 0.2) is 71.8 Å². The maximum absolute atomic E-state index is 11.9. The molecular weight excluding hydrogens is 677 g/mol. The number of phenols is 2. The van der Waals surface area contributed by atoms with E-state index >= 15 is 0 Å². The minimum atomic E-state index is -0.350. The van der Waals surface area contributed by atoms with E-state index in [1.165, 1.54) is 0 Å². The lowest BCUT2D eigenvalue weighted by molar-refractivity contribution is 0.311. The van der Waals surface area contributed by atoms with E-state index in [4.69, 9.17) is 9.47 Å². The molecule has 10 heteroatoms. The van der Waals surface area contributed by atoms with Crippen LogP contribution in [0.4, 0.5) is 0 Å². The number of fused-ring (bicyclic) bond motifs is 8. The number of ether oxygens (including phenoxy) is 2. The Hall–Kier alpha value is -7.50. The number of nitriles is 6. The number of nitrogens with zero attached hydrogens (tertiary/aromatic N) is 6. The van der Waals surface area contributed by atoms with Crippen molar-refractivity contribution in [2.24, 2.45) is 0 Å². The first-order chi connectivity index (χ1) is 26.2. The predicted octanol–water partition coefficient (Wildman–Crippen LogP) is 8.00. The summed E-state index contributed by atoms with van der Waals surface area (Å²) in [7, 11) is 0. The van der Waals surface area contributed by atoms with Crippen molar-refractivity contribution in [2.75, 3.05) is 13.2 Å². The maximum Gasteiger partial charge on any atom is 0.148 e. The van der Waals surface area contributed by atoms with Crippen molar-refractivity contribution in [3.63, 3.8) is 0 Å². The lowest BCUT2D eigenvalue weighted by atomic mass is 9.88. The van der Waals surface area contributed by atoms with E-state index in [2.05, 4.69) is 0 Å². The summed E-state index contributed by atoms with van der Waals surface area (Å²) in [6.07, 6.45) is 1.92. The number of para-hydroxylation sites is 2. The Balaban J connectivity index is 1.89. The van der Waals surface area contributed by atoms with E-state index in [0.717, 1.165) is 0 Å². The quantitative estimate of drug-likeness (QED) is 0.149. The molecule has 0 spiro atoms. The Morgan fingerprint density at radius 3 is 1.04 bits per heavy atom. The third-order valence-electron chi connectivity index (χ3n) is 9.06. The summed E-state index contributed by atoms with van der Waals surface area (Å²) in [4.78, 5) is 0. The number of benzene rings is 4. The van der Waals surface area contributed by atoms with Crippen LogP contribution < -0.4 is 9.47 Å². The van der Waals surface area contributed by atoms with Gasteiger partial charge in [0.25, 0.3) is 0 Å². The molecule has 2 N–H and O–H groups in total. The minimum absolute atomic E-state index is 0.0218. The first-order valence-corrected chi connectivity index (χ1v) is 17.3. The highest BCUT2D eigenvalue weighted by molar-refractivity contribution is 5.86. The van der Waals surface area contributed by atoms with Crippen LogP contribution in [0.2, 0.25) is 0 Å². The smallest absolute Gasteiger partial charge is 0.148 e. The first kappa shape index (κ1) is 37.7. The van der Waals surface area contributed by atoms with Gasteiger partial charge in [0, 0.05) is 25.7 Å². The highest BCUT2D eigenvalue weighted by atomic mass is 16.5. The number of allylic oxidation sites excluding steroid dienone is 4. The molecule has 10 nitrogen and oxygen atoms in total. The summed E-state index contributed by atoms with van der Waals surface area (Å²) in [6, 6.07) is 28.8. The van der Waals surface area contributed by atoms with Crippen LogP contribution in [0.5, 0.6) is 23.0 Å². The van der Waals surface area contributed by atoms with E-state index < -0.39 is 0 Å². The van der Waals surface area contributed by atoms with Crippen molar-refractivity contribution < 1.29 is 19.7 Å². The Labute approximate surface area is 314 Å². The molecule has 0 fully saturated rings. The summed E-state index contributed by atoms with van der Waals surface area (Å²) >= 11 is 0. The zero-order valence-corrected chi connectivity index (χ0v) is 29.8. The second-order valence-corrected chi connectivity index (χ2v) is 12.7. The van der Waals surface area contributed by atoms with Crippen LogP contribution >= 0.6 is 0 Å². The van der Waals surface area contributed by atoms with Gasteiger partial charge in [-0.25, -0.2) is 0 Å². The van der Waals surface area contributed by atoms with Crippen molar-refractivity contribution in [3.05, 3.63) is 127 Å². The fourth-order valence-electron chi connectivity index (χ4n) is 6.58. The molecule has 0 aliphatic heterocycles. The fourth-order valence-corrected chi connectivity index (χ4v) is 6.58. The topological polar surface area (TPSA) is 202 Å². The Kier molecular flexibility index (Phi) is 12.0. The van der Waals surface area contributed by atoms with Crippen molar-refractivity contribution in [1.29, 1.82) is 31.6 Å². The Morgan fingerprint density at radius 1 is 0.500 bits per heavy atom. The van der Waals surface area contributed by atoms with Gasteiger partial charge in [0.2, 0.25) is 0 Å².